The number of benzene rings is 1. The van der Waals surface area contributed by atoms with Crippen molar-refractivity contribution in [2.45, 2.75) is 18.7 Å². The molecule has 1 aliphatic heterocycles. The number of rotatable bonds is 4. The number of amides is 2. The summed E-state index contributed by atoms with van der Waals surface area (Å²) in [5, 5.41) is 2.73. The fourth-order valence-corrected chi connectivity index (χ4v) is 2.68. The first kappa shape index (κ1) is 16.2. The van der Waals surface area contributed by atoms with Crippen LogP contribution in [0.5, 0.6) is 0 Å². The largest absolute Gasteiger partial charge is 0.467 e. The molecule has 3 rings (SSSR count). The number of morpholine rings is 1. The molecule has 24 heavy (non-hydrogen) atoms. The van der Waals surface area contributed by atoms with Gasteiger partial charge in [0.25, 0.3) is 5.91 Å². The van der Waals surface area contributed by atoms with E-state index in [1.54, 1.807) is 31.3 Å². The molecule has 1 N–H and O–H groups in total. The molecule has 1 aromatic carbocycles. The molecule has 2 heterocycles. The molecular weight excluding hydrogens is 315 g/mol. The Balaban J connectivity index is 1.79. The quantitative estimate of drug-likeness (QED) is 0.924. The maximum Gasteiger partial charge on any atom is 0.252 e. The topological polar surface area (TPSA) is 71.8 Å². The Bertz CT molecular complexity index is 715. The molecule has 2 aromatic rings. The number of ether oxygens (including phenoxy) is 1. The third kappa shape index (κ3) is 3.30. The molecule has 0 unspecified atom stereocenters. The van der Waals surface area contributed by atoms with Gasteiger partial charge in [0.05, 0.1) is 18.8 Å². The Morgan fingerprint density at radius 3 is 2.75 bits per heavy atom. The van der Waals surface area contributed by atoms with Crippen LogP contribution < -0.4 is 5.32 Å². The molecular formula is C17H17FN2O4. The van der Waals surface area contributed by atoms with E-state index in [9.17, 15) is 14.0 Å². The number of hydrogen-bond acceptors (Lipinski definition) is 4. The molecule has 0 saturated carbocycles. The SMILES string of the molecule is CN1C(=O)CO[C@@H](C(=O)NCc2ccco2)[C@H]1c1ccc(F)cc1. The van der Waals surface area contributed by atoms with Gasteiger partial charge in [0, 0.05) is 7.05 Å². The van der Waals surface area contributed by atoms with Crippen LogP contribution in [0.1, 0.15) is 17.4 Å². The maximum atomic E-state index is 13.2. The highest BCUT2D eigenvalue weighted by atomic mass is 19.1. The number of nitrogens with zero attached hydrogens (tertiary/aromatic N) is 1. The number of likely N-dealkylation sites (N-methyl/N-ethyl adjacent to an activating group) is 1. The molecule has 0 spiro atoms. The summed E-state index contributed by atoms with van der Waals surface area (Å²) in [6, 6.07) is 8.53. The molecule has 0 aliphatic carbocycles. The van der Waals surface area contributed by atoms with Gasteiger partial charge < -0.3 is 19.4 Å². The van der Waals surface area contributed by atoms with Crippen molar-refractivity contribution in [2.75, 3.05) is 13.7 Å². The summed E-state index contributed by atoms with van der Waals surface area (Å²) in [6.45, 7) is 0.0481. The van der Waals surface area contributed by atoms with Gasteiger partial charge in [0.15, 0.2) is 6.10 Å². The summed E-state index contributed by atoms with van der Waals surface area (Å²) in [4.78, 5) is 25.9. The predicted molar refractivity (Wildman–Crippen MR) is 82.2 cm³/mol. The molecule has 1 fully saturated rings. The van der Waals surface area contributed by atoms with Gasteiger partial charge in [0.2, 0.25) is 5.91 Å². The van der Waals surface area contributed by atoms with Crippen molar-refractivity contribution in [2.24, 2.45) is 0 Å². The zero-order valence-electron chi connectivity index (χ0n) is 13.1. The fourth-order valence-electron chi connectivity index (χ4n) is 2.68. The summed E-state index contributed by atoms with van der Waals surface area (Å²) in [7, 11) is 1.60. The van der Waals surface area contributed by atoms with Crippen LogP contribution >= 0.6 is 0 Å². The second-order valence-corrected chi connectivity index (χ2v) is 5.53. The first-order valence-corrected chi connectivity index (χ1v) is 7.49. The zero-order chi connectivity index (χ0) is 17.1. The van der Waals surface area contributed by atoms with E-state index in [1.807, 2.05) is 0 Å². The summed E-state index contributed by atoms with van der Waals surface area (Å²) >= 11 is 0. The first-order valence-electron chi connectivity index (χ1n) is 7.49. The lowest BCUT2D eigenvalue weighted by atomic mass is 9.97. The van der Waals surface area contributed by atoms with E-state index in [1.165, 1.54) is 23.3 Å². The summed E-state index contributed by atoms with van der Waals surface area (Å²) in [6.07, 6.45) is 0.639. The van der Waals surface area contributed by atoms with E-state index in [4.69, 9.17) is 9.15 Å². The van der Waals surface area contributed by atoms with Crippen LogP contribution in [-0.4, -0.2) is 36.5 Å². The van der Waals surface area contributed by atoms with Crippen molar-refractivity contribution in [1.29, 1.82) is 0 Å². The van der Waals surface area contributed by atoms with Crippen molar-refractivity contribution < 1.29 is 23.1 Å². The van der Waals surface area contributed by atoms with Gasteiger partial charge in [-0.25, -0.2) is 4.39 Å². The fraction of sp³-hybridized carbons (Fsp3) is 0.294. The van der Waals surface area contributed by atoms with E-state index < -0.39 is 12.1 Å². The van der Waals surface area contributed by atoms with Gasteiger partial charge in [-0.1, -0.05) is 12.1 Å². The highest BCUT2D eigenvalue weighted by Crippen LogP contribution is 2.29. The third-order valence-electron chi connectivity index (χ3n) is 3.97. The smallest absolute Gasteiger partial charge is 0.252 e. The third-order valence-corrected chi connectivity index (χ3v) is 3.97. The normalized spacial score (nSPS) is 20.9. The van der Waals surface area contributed by atoms with Crippen LogP contribution in [0.25, 0.3) is 0 Å². The summed E-state index contributed by atoms with van der Waals surface area (Å²) in [5.41, 5.74) is 0.630. The predicted octanol–water partition coefficient (Wildman–Crippen LogP) is 1.63. The summed E-state index contributed by atoms with van der Waals surface area (Å²) < 4.78 is 23.8. The van der Waals surface area contributed by atoms with Crippen molar-refractivity contribution in [1.82, 2.24) is 10.2 Å². The van der Waals surface area contributed by atoms with Crippen LogP contribution in [0.2, 0.25) is 0 Å². The molecule has 126 valence electrons. The molecule has 2 atom stereocenters. The maximum absolute atomic E-state index is 13.2. The molecule has 6 nitrogen and oxygen atoms in total. The minimum Gasteiger partial charge on any atom is -0.467 e. The number of nitrogens with one attached hydrogen (secondary N) is 1. The van der Waals surface area contributed by atoms with Gasteiger partial charge in [-0.15, -0.1) is 0 Å². The van der Waals surface area contributed by atoms with Gasteiger partial charge in [-0.05, 0) is 29.8 Å². The Morgan fingerprint density at radius 1 is 1.33 bits per heavy atom. The monoisotopic (exact) mass is 332 g/mol. The van der Waals surface area contributed by atoms with Gasteiger partial charge in [-0.3, -0.25) is 9.59 Å². The molecule has 0 radical (unpaired) electrons. The number of furan rings is 1. The first-order chi connectivity index (χ1) is 11.6. The van der Waals surface area contributed by atoms with Gasteiger partial charge in [-0.2, -0.15) is 0 Å². The Labute approximate surface area is 138 Å². The van der Waals surface area contributed by atoms with Crippen molar-refractivity contribution in [3.63, 3.8) is 0 Å². The van der Waals surface area contributed by atoms with E-state index in [-0.39, 0.29) is 30.8 Å². The lowest BCUT2D eigenvalue weighted by molar-refractivity contribution is -0.162. The Kier molecular flexibility index (Phi) is 4.61. The number of carbonyl (C=O) groups excluding carboxylic acids is 2. The van der Waals surface area contributed by atoms with Gasteiger partial charge in [0.1, 0.15) is 18.2 Å². The average Bonchev–Trinajstić information content (AvgIpc) is 3.09. The number of carbonyl (C=O) groups is 2. The molecule has 1 aliphatic rings. The van der Waals surface area contributed by atoms with Gasteiger partial charge >= 0.3 is 0 Å². The highest BCUT2D eigenvalue weighted by Gasteiger charge is 2.39. The van der Waals surface area contributed by atoms with Crippen LogP contribution in [0.3, 0.4) is 0 Å². The van der Waals surface area contributed by atoms with E-state index in [2.05, 4.69) is 5.32 Å². The molecule has 1 aromatic heterocycles. The zero-order valence-corrected chi connectivity index (χ0v) is 13.1. The van der Waals surface area contributed by atoms with Crippen LogP contribution in [0, 0.1) is 5.82 Å². The molecule has 7 heteroatoms. The minimum atomic E-state index is -0.881. The lowest BCUT2D eigenvalue weighted by Crippen LogP contribution is -2.52. The van der Waals surface area contributed by atoms with Crippen molar-refractivity contribution in [3.8, 4) is 0 Å². The second kappa shape index (κ2) is 6.84. The molecule has 0 bridgehead atoms. The van der Waals surface area contributed by atoms with E-state index in [0.717, 1.165) is 0 Å². The van der Waals surface area contributed by atoms with Crippen LogP contribution in [0.15, 0.2) is 47.1 Å². The lowest BCUT2D eigenvalue weighted by Gasteiger charge is -2.38. The average molecular weight is 332 g/mol. The van der Waals surface area contributed by atoms with E-state index >= 15 is 0 Å². The van der Waals surface area contributed by atoms with Crippen LogP contribution in [-0.2, 0) is 20.9 Å². The highest BCUT2D eigenvalue weighted by molar-refractivity contribution is 5.86. The Hall–Kier alpha value is -2.67. The second-order valence-electron chi connectivity index (χ2n) is 5.53. The van der Waals surface area contributed by atoms with E-state index in [0.29, 0.717) is 11.3 Å². The minimum absolute atomic E-state index is 0.174. The standard InChI is InChI=1S/C17H17FN2O4/c1-20-14(21)10-24-16(15(20)11-4-6-12(18)7-5-11)17(22)19-9-13-3-2-8-23-13/h2-8,15-16H,9-10H2,1H3,(H,19,22)/t15-,16-/m1/s1. The Morgan fingerprint density at radius 2 is 2.08 bits per heavy atom. The summed E-state index contributed by atoms with van der Waals surface area (Å²) in [5.74, 6) is -0.371. The van der Waals surface area contributed by atoms with Crippen LogP contribution in [0.4, 0.5) is 4.39 Å². The number of hydrogen-bond donors (Lipinski definition) is 1. The van der Waals surface area contributed by atoms with Crippen molar-refractivity contribution in [3.05, 3.63) is 59.8 Å². The number of halogens is 1. The van der Waals surface area contributed by atoms with Crippen molar-refractivity contribution >= 4 is 11.8 Å². The molecule has 2 amide bonds. The molecule has 1 saturated heterocycles.